The van der Waals surface area contributed by atoms with Gasteiger partial charge < -0.3 is 15.4 Å². The van der Waals surface area contributed by atoms with Gasteiger partial charge in [-0.3, -0.25) is 4.79 Å². The lowest BCUT2D eigenvalue weighted by atomic mass is 9.99. The fourth-order valence-corrected chi connectivity index (χ4v) is 4.88. The molecule has 1 fully saturated rings. The van der Waals surface area contributed by atoms with Crippen LogP contribution in [-0.4, -0.2) is 36.6 Å². The molecule has 1 saturated heterocycles. The Balaban J connectivity index is 1.57. The van der Waals surface area contributed by atoms with Crippen molar-refractivity contribution in [2.75, 3.05) is 19.7 Å². The first-order valence-corrected chi connectivity index (χ1v) is 10.5. The summed E-state index contributed by atoms with van der Waals surface area (Å²) in [6, 6.07) is 8.05. The van der Waals surface area contributed by atoms with Gasteiger partial charge in [0.25, 0.3) is 5.91 Å². The van der Waals surface area contributed by atoms with Crippen LogP contribution in [0.3, 0.4) is 0 Å². The standard InChI is InChI=1S/C22H21N3O2S/c1-13-12-27-20-19-16-5-4-15(3-2-14-8-10-23-11-9-14)25-17(16)6-7-18(19)28-21(20)22(26)24-13/h4-7,13-14,23H,8-12H2,1H3,(H,24,26)/t13-/m1/s1. The van der Waals surface area contributed by atoms with E-state index < -0.39 is 0 Å². The third-order valence-corrected chi connectivity index (χ3v) is 6.42. The molecule has 0 bridgehead atoms. The van der Waals surface area contributed by atoms with Crippen LogP contribution < -0.4 is 15.4 Å². The molecule has 4 heterocycles. The lowest BCUT2D eigenvalue weighted by Gasteiger charge is -2.17. The van der Waals surface area contributed by atoms with Crippen LogP contribution >= 0.6 is 11.3 Å². The van der Waals surface area contributed by atoms with Crippen molar-refractivity contribution >= 4 is 38.2 Å². The van der Waals surface area contributed by atoms with Crippen molar-refractivity contribution in [1.29, 1.82) is 0 Å². The Morgan fingerprint density at radius 2 is 2.07 bits per heavy atom. The van der Waals surface area contributed by atoms with Gasteiger partial charge in [0.15, 0.2) is 5.75 Å². The van der Waals surface area contributed by atoms with Crippen molar-refractivity contribution in [3.05, 3.63) is 34.8 Å². The first-order valence-electron chi connectivity index (χ1n) is 9.71. The number of amides is 1. The maximum atomic E-state index is 12.5. The zero-order valence-corrected chi connectivity index (χ0v) is 16.5. The number of rotatable bonds is 0. The van der Waals surface area contributed by atoms with Crippen molar-refractivity contribution in [2.24, 2.45) is 5.92 Å². The van der Waals surface area contributed by atoms with Gasteiger partial charge in [0, 0.05) is 21.4 Å². The van der Waals surface area contributed by atoms with E-state index in [1.54, 1.807) is 0 Å². The summed E-state index contributed by atoms with van der Waals surface area (Å²) in [4.78, 5) is 17.9. The van der Waals surface area contributed by atoms with Crippen molar-refractivity contribution in [1.82, 2.24) is 15.6 Å². The molecule has 0 radical (unpaired) electrons. The van der Waals surface area contributed by atoms with Crippen LogP contribution in [-0.2, 0) is 0 Å². The van der Waals surface area contributed by atoms with Gasteiger partial charge in [-0.05, 0) is 63.0 Å². The molecule has 142 valence electrons. The summed E-state index contributed by atoms with van der Waals surface area (Å²) in [5.41, 5.74) is 1.67. The zero-order chi connectivity index (χ0) is 19.1. The van der Waals surface area contributed by atoms with Crippen molar-refractivity contribution in [3.63, 3.8) is 0 Å². The van der Waals surface area contributed by atoms with Gasteiger partial charge in [-0.2, -0.15) is 0 Å². The average molecular weight is 391 g/mol. The molecule has 2 aliphatic heterocycles. The third-order valence-electron chi connectivity index (χ3n) is 5.28. The van der Waals surface area contributed by atoms with Crippen LogP contribution in [0.15, 0.2) is 24.3 Å². The van der Waals surface area contributed by atoms with Crippen molar-refractivity contribution < 1.29 is 9.53 Å². The van der Waals surface area contributed by atoms with Crippen LogP contribution in [0.2, 0.25) is 0 Å². The van der Waals surface area contributed by atoms with E-state index in [4.69, 9.17) is 9.72 Å². The van der Waals surface area contributed by atoms with E-state index in [0.29, 0.717) is 23.2 Å². The first kappa shape index (κ1) is 17.5. The molecule has 1 atom stereocenters. The van der Waals surface area contributed by atoms with Crippen LogP contribution in [0.4, 0.5) is 0 Å². The molecule has 0 spiro atoms. The van der Waals surface area contributed by atoms with Crippen LogP contribution in [0, 0.1) is 17.8 Å². The fourth-order valence-electron chi connectivity index (χ4n) is 3.81. The van der Waals surface area contributed by atoms with Crippen LogP contribution in [0.1, 0.15) is 35.1 Å². The second kappa shape index (κ2) is 7.08. The largest absolute Gasteiger partial charge is 0.489 e. The number of hydrogen-bond donors (Lipinski definition) is 2. The van der Waals surface area contributed by atoms with Gasteiger partial charge in [0.05, 0.1) is 11.6 Å². The van der Waals surface area contributed by atoms with Gasteiger partial charge in [-0.25, -0.2) is 4.98 Å². The van der Waals surface area contributed by atoms with Crippen molar-refractivity contribution in [3.8, 4) is 17.6 Å². The summed E-state index contributed by atoms with van der Waals surface area (Å²) in [6.45, 7) is 4.49. The molecule has 28 heavy (non-hydrogen) atoms. The summed E-state index contributed by atoms with van der Waals surface area (Å²) in [7, 11) is 0. The number of nitrogens with one attached hydrogen (secondary N) is 2. The third kappa shape index (κ3) is 3.11. The molecule has 2 N–H and O–H groups in total. The summed E-state index contributed by atoms with van der Waals surface area (Å²) >= 11 is 1.47. The number of hydrogen-bond acceptors (Lipinski definition) is 5. The second-order valence-corrected chi connectivity index (χ2v) is 8.49. The van der Waals surface area contributed by atoms with E-state index in [1.165, 1.54) is 11.3 Å². The number of fused-ring (bicyclic) bond motifs is 5. The first-order chi connectivity index (χ1) is 13.7. The quantitative estimate of drug-likeness (QED) is 0.577. The van der Waals surface area contributed by atoms with Gasteiger partial charge in [0.1, 0.15) is 17.2 Å². The lowest BCUT2D eigenvalue weighted by Crippen LogP contribution is -2.33. The number of pyridine rings is 1. The second-order valence-electron chi connectivity index (χ2n) is 7.44. The number of nitrogens with zero attached hydrogens (tertiary/aromatic N) is 1. The van der Waals surface area contributed by atoms with Crippen LogP contribution in [0.25, 0.3) is 21.0 Å². The molecule has 1 aromatic carbocycles. The number of thiophene rings is 1. The summed E-state index contributed by atoms with van der Waals surface area (Å²) in [5, 5.41) is 8.32. The zero-order valence-electron chi connectivity index (χ0n) is 15.7. The maximum Gasteiger partial charge on any atom is 0.265 e. The molecule has 6 heteroatoms. The molecular weight excluding hydrogens is 370 g/mol. The van der Waals surface area contributed by atoms with Gasteiger partial charge in [0.2, 0.25) is 0 Å². The number of benzene rings is 1. The predicted octanol–water partition coefficient (Wildman–Crippen LogP) is 3.31. The van der Waals surface area contributed by atoms with E-state index >= 15 is 0 Å². The van der Waals surface area contributed by atoms with Gasteiger partial charge in [-0.1, -0.05) is 5.92 Å². The molecule has 0 unspecified atom stereocenters. The van der Waals surface area contributed by atoms with Gasteiger partial charge >= 0.3 is 0 Å². The number of carbonyl (C=O) groups excluding carboxylic acids is 1. The highest BCUT2D eigenvalue weighted by molar-refractivity contribution is 7.21. The highest BCUT2D eigenvalue weighted by atomic mass is 32.1. The molecule has 0 saturated carbocycles. The average Bonchev–Trinajstić information content (AvgIpc) is 3.04. The van der Waals surface area contributed by atoms with E-state index in [0.717, 1.165) is 52.6 Å². The normalized spacial score (nSPS) is 20.0. The summed E-state index contributed by atoms with van der Waals surface area (Å²) in [6.07, 6.45) is 2.19. The van der Waals surface area contributed by atoms with E-state index in [1.807, 2.05) is 25.1 Å². The fraction of sp³-hybridized carbons (Fsp3) is 0.364. The van der Waals surface area contributed by atoms with E-state index in [9.17, 15) is 4.79 Å². The molecule has 5 rings (SSSR count). The molecular formula is C22H21N3O2S. The summed E-state index contributed by atoms with van der Waals surface area (Å²) in [5.74, 6) is 7.69. The topological polar surface area (TPSA) is 63.2 Å². The maximum absolute atomic E-state index is 12.5. The Kier molecular flexibility index (Phi) is 4.42. The van der Waals surface area contributed by atoms with Crippen molar-refractivity contribution in [2.45, 2.75) is 25.8 Å². The highest BCUT2D eigenvalue weighted by Gasteiger charge is 2.26. The minimum atomic E-state index is -0.0632. The lowest BCUT2D eigenvalue weighted by molar-refractivity contribution is 0.0946. The Morgan fingerprint density at radius 3 is 2.93 bits per heavy atom. The minimum Gasteiger partial charge on any atom is -0.489 e. The van der Waals surface area contributed by atoms with E-state index in [2.05, 4.69) is 28.5 Å². The number of carbonyl (C=O) groups is 1. The Bertz CT molecular complexity index is 1140. The number of piperidine rings is 1. The molecule has 2 aliphatic rings. The molecule has 2 aromatic heterocycles. The molecule has 5 nitrogen and oxygen atoms in total. The van der Waals surface area contributed by atoms with E-state index in [-0.39, 0.29) is 11.9 Å². The summed E-state index contributed by atoms with van der Waals surface area (Å²) < 4.78 is 7.05. The Labute approximate surface area is 167 Å². The highest BCUT2D eigenvalue weighted by Crippen LogP contribution is 2.42. The molecule has 3 aromatic rings. The molecule has 1 amide bonds. The number of ether oxygens (including phenoxy) is 1. The smallest absolute Gasteiger partial charge is 0.265 e. The predicted molar refractivity (Wildman–Crippen MR) is 112 cm³/mol. The van der Waals surface area contributed by atoms with Crippen LogP contribution in [0.5, 0.6) is 5.75 Å². The van der Waals surface area contributed by atoms with Gasteiger partial charge in [-0.15, -0.1) is 11.3 Å². The monoisotopic (exact) mass is 391 g/mol. The Morgan fingerprint density at radius 1 is 1.21 bits per heavy atom. The number of aromatic nitrogens is 1. The SMILES string of the molecule is C[C@@H]1COc2c(sc3ccc4nc(C#CC5CCNCC5)ccc4c23)C(=O)N1. The minimum absolute atomic E-state index is 0.00730. The molecule has 0 aliphatic carbocycles. The Hall–Kier alpha value is -2.62.